The maximum absolute atomic E-state index is 4.33. The molecule has 1 unspecified atom stereocenters. The van der Waals surface area contributed by atoms with E-state index in [-0.39, 0.29) is 0 Å². The average Bonchev–Trinajstić information content (AvgIpc) is 2.27. The number of hydrogen-bond acceptors (Lipinski definition) is 1. The van der Waals surface area contributed by atoms with Crippen molar-refractivity contribution in [3.8, 4) is 0 Å². The molecule has 0 N–H and O–H groups in total. The zero-order chi connectivity index (χ0) is 10.8. The quantitative estimate of drug-likeness (QED) is 0.712. The van der Waals surface area contributed by atoms with Crippen LogP contribution in [0.2, 0.25) is 0 Å². The fourth-order valence-electron chi connectivity index (χ4n) is 1.76. The third-order valence-electron chi connectivity index (χ3n) is 3.15. The molecule has 0 saturated heterocycles. The largest absolute Gasteiger partial charge is 0.256 e. The normalized spacial score (nSPS) is 13.3. The molecule has 1 heterocycles. The zero-order valence-corrected chi connectivity index (χ0v) is 9.57. The second-order valence-electron chi connectivity index (χ2n) is 4.49. The van der Waals surface area contributed by atoms with Gasteiger partial charge < -0.3 is 0 Å². The third kappa shape index (κ3) is 2.01. The van der Waals surface area contributed by atoms with E-state index in [4.69, 9.17) is 0 Å². The van der Waals surface area contributed by atoms with E-state index >= 15 is 0 Å². The van der Waals surface area contributed by atoms with Gasteiger partial charge in [-0.05, 0) is 35.6 Å². The van der Waals surface area contributed by atoms with Crippen molar-refractivity contribution in [3.05, 3.63) is 42.1 Å². The number of hydrogen-bond donors (Lipinski definition) is 0. The molecule has 1 heteroatoms. The lowest BCUT2D eigenvalue weighted by Crippen LogP contribution is -2.01. The predicted octanol–water partition coefficient (Wildman–Crippen LogP) is 3.99. The van der Waals surface area contributed by atoms with Crippen LogP contribution in [-0.4, -0.2) is 4.98 Å². The van der Waals surface area contributed by atoms with Gasteiger partial charge in [0.15, 0.2) is 0 Å². The summed E-state index contributed by atoms with van der Waals surface area (Å²) in [6.07, 6.45) is 1.84. The number of fused-ring (bicyclic) bond motifs is 1. The minimum Gasteiger partial charge on any atom is -0.256 e. The van der Waals surface area contributed by atoms with Gasteiger partial charge in [-0.3, -0.25) is 4.98 Å². The van der Waals surface area contributed by atoms with Crippen molar-refractivity contribution in [2.24, 2.45) is 5.92 Å². The van der Waals surface area contributed by atoms with E-state index in [1.807, 2.05) is 12.3 Å². The Hall–Kier alpha value is -1.37. The molecular weight excluding hydrogens is 182 g/mol. The summed E-state index contributed by atoms with van der Waals surface area (Å²) in [5.74, 6) is 1.29. The summed E-state index contributed by atoms with van der Waals surface area (Å²) < 4.78 is 0. The lowest BCUT2D eigenvalue weighted by atomic mass is 9.90. The number of benzene rings is 1. The van der Waals surface area contributed by atoms with E-state index in [0.717, 1.165) is 5.52 Å². The van der Waals surface area contributed by atoms with E-state index in [0.29, 0.717) is 11.8 Å². The van der Waals surface area contributed by atoms with E-state index in [1.165, 1.54) is 10.9 Å². The number of rotatable bonds is 2. The Balaban J connectivity index is 2.47. The first-order chi connectivity index (χ1) is 7.18. The molecule has 1 nitrogen and oxygen atoms in total. The molecule has 0 radical (unpaired) electrons. The molecule has 0 bridgehead atoms. The SMILES string of the molecule is CC(C)C(C)c1ccc2ncccc2c1. The Morgan fingerprint density at radius 3 is 2.60 bits per heavy atom. The Labute approximate surface area is 91.2 Å². The summed E-state index contributed by atoms with van der Waals surface area (Å²) >= 11 is 0. The fraction of sp³-hybridized carbons (Fsp3) is 0.357. The van der Waals surface area contributed by atoms with Gasteiger partial charge in [0.25, 0.3) is 0 Å². The van der Waals surface area contributed by atoms with Crippen molar-refractivity contribution in [2.75, 3.05) is 0 Å². The molecule has 15 heavy (non-hydrogen) atoms. The highest BCUT2D eigenvalue weighted by molar-refractivity contribution is 5.79. The zero-order valence-electron chi connectivity index (χ0n) is 9.57. The Bertz CT molecular complexity index is 460. The number of pyridine rings is 1. The minimum absolute atomic E-state index is 0.606. The molecule has 0 aliphatic heterocycles. The van der Waals surface area contributed by atoms with Gasteiger partial charge in [0, 0.05) is 11.6 Å². The number of nitrogens with zero attached hydrogens (tertiary/aromatic N) is 1. The molecule has 1 atom stereocenters. The Morgan fingerprint density at radius 2 is 1.87 bits per heavy atom. The van der Waals surface area contributed by atoms with Crippen LogP contribution in [0.5, 0.6) is 0 Å². The first kappa shape index (κ1) is 10.2. The van der Waals surface area contributed by atoms with Crippen molar-refractivity contribution >= 4 is 10.9 Å². The topological polar surface area (TPSA) is 12.9 Å². The third-order valence-corrected chi connectivity index (χ3v) is 3.15. The first-order valence-electron chi connectivity index (χ1n) is 5.53. The predicted molar refractivity (Wildman–Crippen MR) is 65.0 cm³/mol. The molecular formula is C14H17N. The van der Waals surface area contributed by atoms with E-state index in [1.54, 1.807) is 0 Å². The van der Waals surface area contributed by atoms with Crippen LogP contribution in [0.4, 0.5) is 0 Å². The van der Waals surface area contributed by atoms with Crippen LogP contribution in [0.15, 0.2) is 36.5 Å². The molecule has 0 aliphatic carbocycles. The van der Waals surface area contributed by atoms with Crippen molar-refractivity contribution in [2.45, 2.75) is 26.7 Å². The maximum Gasteiger partial charge on any atom is 0.0702 e. The van der Waals surface area contributed by atoms with Crippen LogP contribution < -0.4 is 0 Å². The van der Waals surface area contributed by atoms with E-state index < -0.39 is 0 Å². The van der Waals surface area contributed by atoms with Crippen molar-refractivity contribution < 1.29 is 0 Å². The highest BCUT2D eigenvalue weighted by atomic mass is 14.6. The molecule has 2 aromatic rings. The summed E-state index contributed by atoms with van der Waals surface area (Å²) in [6.45, 7) is 6.80. The van der Waals surface area contributed by atoms with Gasteiger partial charge in [0.2, 0.25) is 0 Å². The highest BCUT2D eigenvalue weighted by Gasteiger charge is 2.09. The molecule has 1 aromatic heterocycles. The Morgan fingerprint density at radius 1 is 1.07 bits per heavy atom. The molecule has 2 rings (SSSR count). The molecule has 0 aliphatic rings. The summed E-state index contributed by atoms with van der Waals surface area (Å²) in [6, 6.07) is 10.7. The second kappa shape index (κ2) is 4.01. The summed E-state index contributed by atoms with van der Waals surface area (Å²) in [5.41, 5.74) is 2.49. The van der Waals surface area contributed by atoms with Crippen LogP contribution >= 0.6 is 0 Å². The maximum atomic E-state index is 4.33. The van der Waals surface area contributed by atoms with Gasteiger partial charge >= 0.3 is 0 Å². The average molecular weight is 199 g/mol. The molecule has 0 fully saturated rings. The van der Waals surface area contributed by atoms with Gasteiger partial charge in [-0.2, -0.15) is 0 Å². The van der Waals surface area contributed by atoms with Crippen LogP contribution in [0, 0.1) is 5.92 Å². The Kier molecular flexibility index (Phi) is 2.72. The van der Waals surface area contributed by atoms with Gasteiger partial charge in [-0.1, -0.05) is 32.9 Å². The van der Waals surface area contributed by atoms with Gasteiger partial charge in [-0.15, -0.1) is 0 Å². The van der Waals surface area contributed by atoms with Crippen molar-refractivity contribution in [3.63, 3.8) is 0 Å². The van der Waals surface area contributed by atoms with Crippen LogP contribution in [0.3, 0.4) is 0 Å². The summed E-state index contributed by atoms with van der Waals surface area (Å²) in [5, 5.41) is 1.24. The minimum atomic E-state index is 0.606. The summed E-state index contributed by atoms with van der Waals surface area (Å²) in [7, 11) is 0. The van der Waals surface area contributed by atoms with Gasteiger partial charge in [-0.25, -0.2) is 0 Å². The first-order valence-corrected chi connectivity index (χ1v) is 5.53. The van der Waals surface area contributed by atoms with E-state index in [2.05, 4.69) is 50.0 Å². The molecule has 0 amide bonds. The number of aromatic nitrogens is 1. The fourth-order valence-corrected chi connectivity index (χ4v) is 1.76. The lowest BCUT2D eigenvalue weighted by molar-refractivity contribution is 0.535. The smallest absolute Gasteiger partial charge is 0.0702 e. The lowest BCUT2D eigenvalue weighted by Gasteiger charge is -2.16. The molecule has 78 valence electrons. The van der Waals surface area contributed by atoms with E-state index in [9.17, 15) is 0 Å². The van der Waals surface area contributed by atoms with Crippen LogP contribution in [0.25, 0.3) is 10.9 Å². The van der Waals surface area contributed by atoms with Crippen molar-refractivity contribution in [1.29, 1.82) is 0 Å². The van der Waals surface area contributed by atoms with Gasteiger partial charge in [0.05, 0.1) is 5.52 Å². The highest BCUT2D eigenvalue weighted by Crippen LogP contribution is 2.25. The summed E-state index contributed by atoms with van der Waals surface area (Å²) in [4.78, 5) is 4.33. The molecule has 0 spiro atoms. The standard InChI is InChI=1S/C14H17N/c1-10(2)11(3)12-6-7-14-13(9-12)5-4-8-15-14/h4-11H,1-3H3. The molecule has 0 saturated carbocycles. The monoisotopic (exact) mass is 199 g/mol. The van der Waals surface area contributed by atoms with Crippen LogP contribution in [-0.2, 0) is 0 Å². The van der Waals surface area contributed by atoms with Crippen molar-refractivity contribution in [1.82, 2.24) is 4.98 Å². The van der Waals surface area contributed by atoms with Gasteiger partial charge in [0.1, 0.15) is 0 Å². The second-order valence-corrected chi connectivity index (χ2v) is 4.49. The molecule has 1 aromatic carbocycles. The van der Waals surface area contributed by atoms with Crippen LogP contribution in [0.1, 0.15) is 32.3 Å².